The Kier molecular flexibility index (Phi) is 3.58. The summed E-state index contributed by atoms with van der Waals surface area (Å²) in [5.41, 5.74) is 0.690. The van der Waals surface area contributed by atoms with Gasteiger partial charge in [-0.1, -0.05) is 0 Å². The first kappa shape index (κ1) is 14.2. The van der Waals surface area contributed by atoms with Crippen LogP contribution in [0.4, 0.5) is 5.69 Å². The van der Waals surface area contributed by atoms with Crippen LogP contribution in [-0.2, 0) is 14.3 Å². The molecular weight excluding hydrogens is 286 g/mol. The van der Waals surface area contributed by atoms with Crippen molar-refractivity contribution in [3.05, 3.63) is 48.4 Å². The molecule has 1 aliphatic rings. The third kappa shape index (κ3) is 2.32. The number of nitrogens with zero attached hydrogens (tertiary/aromatic N) is 1. The summed E-state index contributed by atoms with van der Waals surface area (Å²) in [5, 5.41) is 0. The van der Waals surface area contributed by atoms with E-state index in [4.69, 9.17) is 13.9 Å². The number of benzene rings is 1. The lowest BCUT2D eigenvalue weighted by molar-refractivity contribution is -0.161. The first-order valence-electron chi connectivity index (χ1n) is 6.79. The molecule has 1 fully saturated rings. The standard InChI is InChI=1S/C16H15NO5/c1-10(18)22-15-14(13-4-3-9-21-13)17(16(15)19)11-5-7-12(20-2)8-6-11/h3-9,14-15H,1-2H3/t14-,15+/m1/s1. The van der Waals surface area contributed by atoms with Gasteiger partial charge >= 0.3 is 5.97 Å². The van der Waals surface area contributed by atoms with Crippen LogP contribution in [0.2, 0.25) is 0 Å². The molecule has 1 aliphatic heterocycles. The predicted molar refractivity (Wildman–Crippen MR) is 77.5 cm³/mol. The molecule has 0 N–H and O–H groups in total. The number of hydrogen-bond donors (Lipinski definition) is 0. The summed E-state index contributed by atoms with van der Waals surface area (Å²) in [6, 6.07) is 10.1. The fourth-order valence-electron chi connectivity index (χ4n) is 2.52. The zero-order valence-corrected chi connectivity index (χ0v) is 12.2. The van der Waals surface area contributed by atoms with E-state index >= 15 is 0 Å². The van der Waals surface area contributed by atoms with E-state index in [9.17, 15) is 9.59 Å². The highest BCUT2D eigenvalue weighted by atomic mass is 16.6. The molecule has 1 amide bonds. The van der Waals surface area contributed by atoms with Gasteiger partial charge in [0, 0.05) is 12.6 Å². The van der Waals surface area contributed by atoms with Gasteiger partial charge in [-0.15, -0.1) is 0 Å². The highest BCUT2D eigenvalue weighted by Gasteiger charge is 2.53. The molecule has 0 aliphatic carbocycles. The summed E-state index contributed by atoms with van der Waals surface area (Å²) in [7, 11) is 1.58. The van der Waals surface area contributed by atoms with Crippen LogP contribution in [0.3, 0.4) is 0 Å². The van der Waals surface area contributed by atoms with Crippen LogP contribution in [0.15, 0.2) is 47.1 Å². The molecule has 2 aromatic rings. The van der Waals surface area contributed by atoms with Crippen molar-refractivity contribution in [3.8, 4) is 5.75 Å². The Labute approximate surface area is 127 Å². The van der Waals surface area contributed by atoms with Crippen molar-refractivity contribution >= 4 is 17.6 Å². The summed E-state index contributed by atoms with van der Waals surface area (Å²) >= 11 is 0. The van der Waals surface area contributed by atoms with Crippen molar-refractivity contribution in [2.75, 3.05) is 12.0 Å². The Hall–Kier alpha value is -2.76. The fourth-order valence-corrected chi connectivity index (χ4v) is 2.52. The maximum absolute atomic E-state index is 12.3. The zero-order chi connectivity index (χ0) is 15.7. The SMILES string of the molecule is COc1ccc(N2C(=O)[C@@H](OC(C)=O)[C@H]2c2ccco2)cc1. The van der Waals surface area contributed by atoms with Crippen molar-refractivity contribution in [1.82, 2.24) is 0 Å². The quantitative estimate of drug-likeness (QED) is 0.640. The van der Waals surface area contributed by atoms with Crippen molar-refractivity contribution in [2.45, 2.75) is 19.1 Å². The molecule has 6 heteroatoms. The van der Waals surface area contributed by atoms with Crippen molar-refractivity contribution in [1.29, 1.82) is 0 Å². The van der Waals surface area contributed by atoms with Gasteiger partial charge in [-0.3, -0.25) is 14.5 Å². The average Bonchev–Trinajstić information content (AvgIpc) is 3.03. The highest BCUT2D eigenvalue weighted by Crippen LogP contribution is 2.41. The third-order valence-corrected chi connectivity index (χ3v) is 3.52. The molecule has 1 aromatic carbocycles. The summed E-state index contributed by atoms with van der Waals surface area (Å²) in [5.74, 6) is 0.496. The van der Waals surface area contributed by atoms with Crippen molar-refractivity contribution in [2.24, 2.45) is 0 Å². The van der Waals surface area contributed by atoms with Gasteiger partial charge in [0.2, 0.25) is 6.10 Å². The number of carbonyl (C=O) groups is 2. The second kappa shape index (κ2) is 5.55. The zero-order valence-electron chi connectivity index (χ0n) is 12.2. The number of esters is 1. The van der Waals surface area contributed by atoms with Gasteiger partial charge in [0.1, 0.15) is 17.6 Å². The summed E-state index contributed by atoms with van der Waals surface area (Å²) < 4.78 is 15.6. The largest absolute Gasteiger partial charge is 0.497 e. The highest BCUT2D eigenvalue weighted by molar-refractivity contribution is 6.05. The molecule has 6 nitrogen and oxygen atoms in total. The second-order valence-electron chi connectivity index (χ2n) is 4.90. The third-order valence-electron chi connectivity index (χ3n) is 3.52. The monoisotopic (exact) mass is 301 g/mol. The van der Waals surface area contributed by atoms with E-state index in [1.54, 1.807) is 48.4 Å². The molecule has 1 saturated heterocycles. The number of carbonyl (C=O) groups excluding carboxylic acids is 2. The number of furan rings is 1. The molecular formula is C16H15NO5. The number of amides is 1. The van der Waals surface area contributed by atoms with Crippen LogP contribution in [0, 0.1) is 0 Å². The van der Waals surface area contributed by atoms with Gasteiger partial charge < -0.3 is 13.9 Å². The Balaban J connectivity index is 1.91. The van der Waals surface area contributed by atoms with Gasteiger partial charge in [-0.2, -0.15) is 0 Å². The Bertz CT molecular complexity index is 677. The maximum Gasteiger partial charge on any atom is 0.303 e. The molecule has 0 radical (unpaired) electrons. The van der Waals surface area contributed by atoms with E-state index in [0.29, 0.717) is 17.2 Å². The minimum atomic E-state index is -0.856. The predicted octanol–water partition coefficient (Wildman–Crippen LogP) is 2.31. The number of β-lactam (4-membered cyclic amide) rings is 1. The minimum Gasteiger partial charge on any atom is -0.497 e. The van der Waals surface area contributed by atoms with Crippen LogP contribution < -0.4 is 9.64 Å². The smallest absolute Gasteiger partial charge is 0.303 e. The molecule has 0 unspecified atom stereocenters. The van der Waals surface area contributed by atoms with E-state index in [2.05, 4.69) is 0 Å². The van der Waals surface area contributed by atoms with Gasteiger partial charge in [0.25, 0.3) is 5.91 Å². The van der Waals surface area contributed by atoms with Crippen LogP contribution in [0.25, 0.3) is 0 Å². The van der Waals surface area contributed by atoms with Gasteiger partial charge in [0.15, 0.2) is 0 Å². The topological polar surface area (TPSA) is 69.0 Å². The minimum absolute atomic E-state index is 0.276. The van der Waals surface area contributed by atoms with Gasteiger partial charge in [-0.25, -0.2) is 0 Å². The normalized spacial score (nSPS) is 20.5. The van der Waals surface area contributed by atoms with Gasteiger partial charge in [-0.05, 0) is 36.4 Å². The number of rotatable bonds is 4. The molecule has 0 saturated carbocycles. The first-order valence-corrected chi connectivity index (χ1v) is 6.79. The fraction of sp³-hybridized carbons (Fsp3) is 0.250. The second-order valence-corrected chi connectivity index (χ2v) is 4.90. The van der Waals surface area contributed by atoms with Crippen LogP contribution in [0.5, 0.6) is 5.75 Å². The maximum atomic E-state index is 12.3. The molecule has 2 atom stereocenters. The molecule has 2 heterocycles. The number of anilines is 1. The lowest BCUT2D eigenvalue weighted by atomic mass is 9.94. The molecule has 0 bridgehead atoms. The lowest BCUT2D eigenvalue weighted by Gasteiger charge is -2.44. The Morgan fingerprint density at radius 1 is 1.23 bits per heavy atom. The number of ether oxygens (including phenoxy) is 2. The number of methoxy groups -OCH3 is 1. The summed E-state index contributed by atoms with van der Waals surface area (Å²) in [6.07, 6.45) is 0.667. The van der Waals surface area contributed by atoms with Crippen molar-refractivity contribution < 1.29 is 23.5 Å². The number of hydrogen-bond acceptors (Lipinski definition) is 5. The van der Waals surface area contributed by atoms with E-state index in [-0.39, 0.29) is 5.91 Å². The van der Waals surface area contributed by atoms with Crippen LogP contribution in [-0.4, -0.2) is 25.1 Å². The molecule has 1 aromatic heterocycles. The lowest BCUT2D eigenvalue weighted by Crippen LogP contribution is -2.60. The molecule has 3 rings (SSSR count). The van der Waals surface area contributed by atoms with E-state index in [1.165, 1.54) is 13.2 Å². The first-order chi connectivity index (χ1) is 10.6. The van der Waals surface area contributed by atoms with Crippen LogP contribution >= 0.6 is 0 Å². The van der Waals surface area contributed by atoms with Crippen molar-refractivity contribution in [3.63, 3.8) is 0 Å². The Morgan fingerprint density at radius 3 is 2.50 bits per heavy atom. The molecule has 0 spiro atoms. The molecule has 114 valence electrons. The van der Waals surface area contributed by atoms with Gasteiger partial charge in [0.05, 0.1) is 13.4 Å². The summed E-state index contributed by atoms with van der Waals surface area (Å²) in [6.45, 7) is 1.28. The molecule has 22 heavy (non-hydrogen) atoms. The van der Waals surface area contributed by atoms with Crippen LogP contribution in [0.1, 0.15) is 18.7 Å². The summed E-state index contributed by atoms with van der Waals surface area (Å²) in [4.78, 5) is 25.1. The van der Waals surface area contributed by atoms with E-state index in [0.717, 1.165) is 0 Å². The average molecular weight is 301 g/mol. The van der Waals surface area contributed by atoms with E-state index in [1.807, 2.05) is 0 Å². The van der Waals surface area contributed by atoms with E-state index < -0.39 is 18.1 Å². The Morgan fingerprint density at radius 2 is 1.95 bits per heavy atom.